The van der Waals surface area contributed by atoms with Crippen LogP contribution in [0.15, 0.2) is 22.5 Å². The van der Waals surface area contributed by atoms with E-state index in [1.165, 1.54) is 0 Å². The molecule has 0 spiro atoms. The highest BCUT2D eigenvalue weighted by atomic mass is 32.2. The largest absolute Gasteiger partial charge is 0.349 e. The van der Waals surface area contributed by atoms with Crippen molar-refractivity contribution in [3.63, 3.8) is 0 Å². The van der Waals surface area contributed by atoms with Crippen LogP contribution in [0.5, 0.6) is 0 Å². The second-order valence-corrected chi connectivity index (χ2v) is 7.40. The van der Waals surface area contributed by atoms with Gasteiger partial charge in [0.1, 0.15) is 0 Å². The zero-order valence-corrected chi connectivity index (χ0v) is 13.8. The van der Waals surface area contributed by atoms with Crippen LogP contribution in [-0.4, -0.2) is 24.5 Å². The standard InChI is InChI=1S/C13H20N4O2S2/c1-3-17-8-12(6-11(17)7-14)21(18,19)15-5-4-13-16-10(2)9-20-13/h6,8-9,15H,3-5,7,14H2,1-2H3. The summed E-state index contributed by atoms with van der Waals surface area (Å²) in [6.45, 7) is 5.23. The first-order valence-corrected chi connectivity index (χ1v) is 9.12. The first kappa shape index (κ1) is 16.2. The van der Waals surface area contributed by atoms with Gasteiger partial charge in [-0.2, -0.15) is 0 Å². The maximum Gasteiger partial charge on any atom is 0.242 e. The number of aromatic nitrogens is 2. The normalized spacial score (nSPS) is 12.0. The summed E-state index contributed by atoms with van der Waals surface area (Å²) >= 11 is 1.54. The van der Waals surface area contributed by atoms with Gasteiger partial charge in [-0.25, -0.2) is 18.1 Å². The molecule has 2 aromatic heterocycles. The molecule has 0 atom stereocenters. The predicted molar refractivity (Wildman–Crippen MR) is 83.7 cm³/mol. The number of thiazole rings is 1. The van der Waals surface area contributed by atoms with Crippen LogP contribution in [0.3, 0.4) is 0 Å². The Morgan fingerprint density at radius 2 is 2.24 bits per heavy atom. The molecule has 8 heteroatoms. The molecule has 2 aromatic rings. The second kappa shape index (κ2) is 6.69. The molecule has 2 rings (SSSR count). The summed E-state index contributed by atoms with van der Waals surface area (Å²) in [4.78, 5) is 4.57. The third kappa shape index (κ3) is 3.91. The number of rotatable bonds is 7. The van der Waals surface area contributed by atoms with Gasteiger partial charge in [0.25, 0.3) is 0 Å². The molecule has 0 aliphatic carbocycles. The quantitative estimate of drug-likeness (QED) is 0.800. The first-order chi connectivity index (χ1) is 9.96. The van der Waals surface area contributed by atoms with Gasteiger partial charge in [0.05, 0.1) is 9.90 Å². The number of hydrogen-bond acceptors (Lipinski definition) is 5. The fourth-order valence-electron chi connectivity index (χ4n) is 2.03. The molecule has 0 aromatic carbocycles. The van der Waals surface area contributed by atoms with E-state index in [0.717, 1.165) is 16.4 Å². The maximum atomic E-state index is 12.2. The van der Waals surface area contributed by atoms with Crippen molar-refractivity contribution < 1.29 is 8.42 Å². The number of nitrogens with zero attached hydrogens (tertiary/aromatic N) is 2. The zero-order valence-electron chi connectivity index (χ0n) is 12.2. The Balaban J connectivity index is 2.02. The Labute approximate surface area is 129 Å². The molecule has 0 unspecified atom stereocenters. The summed E-state index contributed by atoms with van der Waals surface area (Å²) in [5.41, 5.74) is 7.40. The molecule has 0 saturated heterocycles. The van der Waals surface area contributed by atoms with Gasteiger partial charge in [-0.3, -0.25) is 0 Å². The average molecular weight is 328 g/mol. The summed E-state index contributed by atoms with van der Waals surface area (Å²) in [5, 5.41) is 2.89. The van der Waals surface area contributed by atoms with Gasteiger partial charge in [0, 0.05) is 49.0 Å². The van der Waals surface area contributed by atoms with Gasteiger partial charge in [-0.1, -0.05) is 0 Å². The predicted octanol–water partition coefficient (Wildman–Crippen LogP) is 1.25. The van der Waals surface area contributed by atoms with Crippen LogP contribution in [0.4, 0.5) is 0 Å². The summed E-state index contributed by atoms with van der Waals surface area (Å²) in [6.07, 6.45) is 2.22. The Kier molecular flexibility index (Phi) is 5.15. The summed E-state index contributed by atoms with van der Waals surface area (Å²) in [6, 6.07) is 1.62. The molecule has 0 bridgehead atoms. The van der Waals surface area contributed by atoms with Gasteiger partial charge in [-0.15, -0.1) is 11.3 Å². The highest BCUT2D eigenvalue weighted by molar-refractivity contribution is 7.89. The van der Waals surface area contributed by atoms with Crippen molar-refractivity contribution in [3.05, 3.63) is 34.0 Å². The van der Waals surface area contributed by atoms with Gasteiger partial charge in [0.15, 0.2) is 0 Å². The van der Waals surface area contributed by atoms with Crippen molar-refractivity contribution in [2.45, 2.75) is 38.3 Å². The lowest BCUT2D eigenvalue weighted by Gasteiger charge is -2.03. The molecule has 21 heavy (non-hydrogen) atoms. The Bertz CT molecular complexity index is 682. The second-order valence-electron chi connectivity index (χ2n) is 4.69. The summed E-state index contributed by atoms with van der Waals surface area (Å²) in [5.74, 6) is 0. The van der Waals surface area contributed by atoms with Crippen molar-refractivity contribution >= 4 is 21.4 Å². The van der Waals surface area contributed by atoms with Crippen molar-refractivity contribution in [2.24, 2.45) is 5.73 Å². The van der Waals surface area contributed by atoms with E-state index in [-0.39, 0.29) is 4.90 Å². The van der Waals surface area contributed by atoms with Crippen LogP contribution in [0, 0.1) is 6.92 Å². The van der Waals surface area contributed by atoms with E-state index in [1.54, 1.807) is 23.6 Å². The lowest BCUT2D eigenvalue weighted by atomic mass is 10.4. The number of hydrogen-bond donors (Lipinski definition) is 2. The topological polar surface area (TPSA) is 90.0 Å². The van der Waals surface area contributed by atoms with E-state index < -0.39 is 10.0 Å². The molecular weight excluding hydrogens is 308 g/mol. The molecule has 0 aliphatic rings. The molecule has 0 saturated carbocycles. The smallest absolute Gasteiger partial charge is 0.242 e. The van der Waals surface area contributed by atoms with E-state index in [0.29, 0.717) is 26.1 Å². The van der Waals surface area contributed by atoms with Crippen LogP contribution >= 0.6 is 11.3 Å². The van der Waals surface area contributed by atoms with Gasteiger partial charge in [0.2, 0.25) is 10.0 Å². The number of sulfonamides is 1. The Morgan fingerprint density at radius 1 is 1.48 bits per heavy atom. The SMILES string of the molecule is CCn1cc(S(=O)(=O)NCCc2nc(C)cs2)cc1CN. The number of nitrogens with two attached hydrogens (primary N) is 1. The molecule has 116 valence electrons. The average Bonchev–Trinajstić information content (AvgIpc) is 3.04. The van der Waals surface area contributed by atoms with Gasteiger partial charge < -0.3 is 10.3 Å². The van der Waals surface area contributed by atoms with E-state index in [1.807, 2.05) is 23.8 Å². The molecule has 2 heterocycles. The fourth-order valence-corrected chi connectivity index (χ4v) is 3.90. The molecule has 0 fully saturated rings. The lowest BCUT2D eigenvalue weighted by Crippen LogP contribution is -2.25. The maximum absolute atomic E-state index is 12.2. The highest BCUT2D eigenvalue weighted by Crippen LogP contribution is 2.14. The molecule has 0 radical (unpaired) electrons. The third-order valence-corrected chi connectivity index (χ3v) is 5.57. The van der Waals surface area contributed by atoms with Gasteiger partial charge in [-0.05, 0) is 19.9 Å². The molecule has 6 nitrogen and oxygen atoms in total. The van der Waals surface area contributed by atoms with Crippen molar-refractivity contribution in [3.8, 4) is 0 Å². The van der Waals surface area contributed by atoms with Crippen LogP contribution in [0.1, 0.15) is 23.3 Å². The van der Waals surface area contributed by atoms with Crippen molar-refractivity contribution in [2.75, 3.05) is 6.54 Å². The minimum Gasteiger partial charge on any atom is -0.349 e. The monoisotopic (exact) mass is 328 g/mol. The summed E-state index contributed by atoms with van der Waals surface area (Å²) in [7, 11) is -3.50. The number of nitrogens with one attached hydrogen (secondary N) is 1. The first-order valence-electron chi connectivity index (χ1n) is 6.76. The van der Waals surface area contributed by atoms with E-state index in [2.05, 4.69) is 9.71 Å². The van der Waals surface area contributed by atoms with Crippen LogP contribution < -0.4 is 10.5 Å². The molecule has 3 N–H and O–H groups in total. The number of aryl methyl sites for hydroxylation is 2. The molecule has 0 amide bonds. The Morgan fingerprint density at radius 3 is 2.76 bits per heavy atom. The fraction of sp³-hybridized carbons (Fsp3) is 0.462. The lowest BCUT2D eigenvalue weighted by molar-refractivity contribution is 0.581. The van der Waals surface area contributed by atoms with Gasteiger partial charge >= 0.3 is 0 Å². The summed E-state index contributed by atoms with van der Waals surface area (Å²) < 4.78 is 28.9. The minimum absolute atomic E-state index is 0.264. The molecular formula is C13H20N4O2S2. The Hall–Kier alpha value is -1.22. The minimum atomic E-state index is -3.50. The van der Waals surface area contributed by atoms with E-state index >= 15 is 0 Å². The van der Waals surface area contributed by atoms with Crippen LogP contribution in [-0.2, 0) is 29.5 Å². The highest BCUT2D eigenvalue weighted by Gasteiger charge is 2.17. The zero-order chi connectivity index (χ0) is 15.5. The molecule has 0 aliphatic heterocycles. The van der Waals surface area contributed by atoms with E-state index in [4.69, 9.17) is 5.73 Å². The van der Waals surface area contributed by atoms with Crippen LogP contribution in [0.2, 0.25) is 0 Å². The third-order valence-electron chi connectivity index (χ3n) is 3.12. The van der Waals surface area contributed by atoms with E-state index in [9.17, 15) is 8.42 Å². The van der Waals surface area contributed by atoms with Crippen LogP contribution in [0.25, 0.3) is 0 Å². The van der Waals surface area contributed by atoms with Crippen molar-refractivity contribution in [1.82, 2.24) is 14.3 Å². The van der Waals surface area contributed by atoms with Crippen molar-refractivity contribution in [1.29, 1.82) is 0 Å².